The number of nitrogens with one attached hydrogen (secondary N) is 1. The summed E-state index contributed by atoms with van der Waals surface area (Å²) in [7, 11) is -2.34. The molecule has 0 aliphatic heterocycles. The molecule has 42 heavy (non-hydrogen) atoms. The van der Waals surface area contributed by atoms with E-state index >= 15 is 0 Å². The van der Waals surface area contributed by atoms with Gasteiger partial charge in [-0.25, -0.2) is 14.7 Å². The minimum absolute atomic E-state index is 0. The summed E-state index contributed by atoms with van der Waals surface area (Å²) in [5.74, 6) is 0. The van der Waals surface area contributed by atoms with Crippen LogP contribution in [0.5, 0.6) is 0 Å². The van der Waals surface area contributed by atoms with Crippen LogP contribution in [0.2, 0.25) is 0 Å². The fourth-order valence-corrected chi connectivity index (χ4v) is 2.72. The van der Waals surface area contributed by atoms with Gasteiger partial charge in [0.1, 0.15) is 11.0 Å². The molecule has 2 radical (unpaired) electrons. The van der Waals surface area contributed by atoms with Gasteiger partial charge in [0.05, 0.1) is 20.5 Å². The van der Waals surface area contributed by atoms with E-state index in [1.54, 1.807) is 6.21 Å². The third-order valence-corrected chi connectivity index (χ3v) is 5.73. The van der Waals surface area contributed by atoms with Gasteiger partial charge >= 0.3 is 33.0 Å². The predicted octanol–water partition coefficient (Wildman–Crippen LogP) is 8.77. The smallest absolute Gasteiger partial charge is 0.545 e. The fourth-order valence-electron chi connectivity index (χ4n) is 1.03. The summed E-state index contributed by atoms with van der Waals surface area (Å²) in [5.41, 5.74) is -0.246. The van der Waals surface area contributed by atoms with Crippen LogP contribution in [-0.4, -0.2) is 43.2 Å². The first-order valence-corrected chi connectivity index (χ1v) is 16.1. The molecular formula is C32H68N2Ni2O4S2. The molecule has 0 heterocycles. The van der Waals surface area contributed by atoms with Gasteiger partial charge in [-0.1, -0.05) is 75.3 Å². The molecule has 0 aliphatic carbocycles. The third-order valence-electron chi connectivity index (χ3n) is 2.82. The number of nitrogens with zero attached hydrogens (tertiary/aromatic N) is 1. The van der Waals surface area contributed by atoms with Gasteiger partial charge in [0.25, 0.3) is 0 Å². The standard InChI is InChI=1S/C10H20NO2S.C9H19NOS.4C3H7.CHO.2Ni/c1-9(2,3)8(7-12)11-14(13)10(4,5)6;1-8(2,3)7-10-12(11)9(4,5)6;4*1-3-2;1-2;;/h8,11H,1-6H3;7H,1-6H3;4*1,3H2,2H3;1H;;/q-1;;5*-1;2*+3/t8-,14-;12-;;;;;;;/m00......./s1. The maximum Gasteiger partial charge on any atom is 3.00 e. The topological polar surface area (TPSA) is 92.7 Å². The quantitative estimate of drug-likeness (QED) is 0.136. The first-order chi connectivity index (χ1) is 17.9. The average Bonchev–Trinajstić information content (AvgIpc) is 2.77. The van der Waals surface area contributed by atoms with Crippen molar-refractivity contribution < 1.29 is 51.0 Å². The van der Waals surface area contributed by atoms with Crippen molar-refractivity contribution in [2.24, 2.45) is 15.2 Å². The van der Waals surface area contributed by atoms with Crippen molar-refractivity contribution >= 4 is 41.3 Å². The van der Waals surface area contributed by atoms with Crippen LogP contribution in [0.1, 0.15) is 136 Å². The van der Waals surface area contributed by atoms with Crippen molar-refractivity contribution in [1.82, 2.24) is 4.72 Å². The molecule has 1 N–H and O–H groups in total. The van der Waals surface area contributed by atoms with Gasteiger partial charge in [-0.3, -0.25) is 11.5 Å². The predicted molar refractivity (Wildman–Crippen MR) is 185 cm³/mol. The Kier molecular flexibility index (Phi) is 60.8. The van der Waals surface area contributed by atoms with Crippen LogP contribution in [-0.2, 0) is 64.5 Å². The number of hydrogen-bond donors (Lipinski definition) is 1. The van der Waals surface area contributed by atoms with Gasteiger partial charge in [0, 0.05) is 6.21 Å². The first kappa shape index (κ1) is 65.0. The molecule has 0 aromatic heterocycles. The molecule has 0 fully saturated rings. The van der Waals surface area contributed by atoms with E-state index in [2.05, 4.69) is 43.6 Å². The Labute approximate surface area is 290 Å². The Bertz CT molecular complexity index is 600. The van der Waals surface area contributed by atoms with Crippen molar-refractivity contribution in [3.8, 4) is 0 Å². The second-order valence-corrected chi connectivity index (χ2v) is 16.3. The summed E-state index contributed by atoms with van der Waals surface area (Å²) in [5, 5.41) is 0. The van der Waals surface area contributed by atoms with Gasteiger partial charge < -0.3 is 37.3 Å². The van der Waals surface area contributed by atoms with E-state index in [-0.39, 0.29) is 53.3 Å². The monoisotopic (exact) mass is 724 g/mol. The summed E-state index contributed by atoms with van der Waals surface area (Å²) < 4.78 is 29.3. The average molecular weight is 726 g/mol. The van der Waals surface area contributed by atoms with Crippen LogP contribution < -0.4 is 4.72 Å². The minimum atomic E-state index is -1.23. The summed E-state index contributed by atoms with van der Waals surface area (Å²) in [6.45, 7) is 48.4. The van der Waals surface area contributed by atoms with E-state index in [9.17, 15) is 13.2 Å². The molecule has 0 rings (SSSR count). The second-order valence-electron chi connectivity index (χ2n) is 12.4. The van der Waals surface area contributed by atoms with Gasteiger partial charge in [-0.05, 0) is 52.4 Å². The molecular weight excluding hydrogens is 658 g/mol. The largest absolute Gasteiger partial charge is 3.00 e. The molecule has 0 saturated carbocycles. The molecule has 10 heteroatoms. The van der Waals surface area contributed by atoms with Crippen LogP contribution in [0, 0.1) is 38.5 Å². The van der Waals surface area contributed by atoms with Gasteiger partial charge in [0.15, 0.2) is 0 Å². The normalized spacial score (nSPS) is 12.5. The molecule has 0 aromatic rings. The van der Waals surface area contributed by atoms with Gasteiger partial charge in [0.2, 0.25) is 0 Å². The number of rotatable bonds is 4. The molecule has 262 valence electrons. The third kappa shape index (κ3) is 67.8. The number of carbonyl (C=O) groups excluding carboxylic acids is 2. The van der Waals surface area contributed by atoms with E-state index in [1.165, 1.54) is 0 Å². The van der Waals surface area contributed by atoms with Crippen molar-refractivity contribution in [2.45, 2.75) is 152 Å². The van der Waals surface area contributed by atoms with Crippen molar-refractivity contribution in [1.29, 1.82) is 0 Å². The first-order valence-electron chi connectivity index (χ1n) is 13.8. The Hall–Kier alpha value is 0.257. The van der Waals surface area contributed by atoms with E-state index in [1.807, 2.05) is 117 Å². The van der Waals surface area contributed by atoms with Crippen LogP contribution in [0.25, 0.3) is 0 Å². The van der Waals surface area contributed by atoms with Crippen molar-refractivity contribution in [3.63, 3.8) is 0 Å². The Morgan fingerprint density at radius 3 is 1.12 bits per heavy atom. The van der Waals surface area contributed by atoms with E-state index in [4.69, 9.17) is 4.79 Å². The van der Waals surface area contributed by atoms with Crippen molar-refractivity contribution in [3.05, 3.63) is 27.7 Å². The summed E-state index contributed by atoms with van der Waals surface area (Å²) in [6, 6.07) is -0.498. The molecule has 0 amide bonds. The molecule has 0 unspecified atom stereocenters. The SMILES string of the molecule is CC(C)(C)C=N[S@@](=O)C(C)(C)C.CC(C)(C)[C@H]([C-]=O)N[S@@](=O)C(C)(C)C.[CH-]=O.[CH2-]CC.[CH2-]CC.[CH2-]CC.[CH2-]CC.[Ni+3].[Ni+3]. The molecule has 3 atom stereocenters. The van der Waals surface area contributed by atoms with Gasteiger partial charge in [-0.15, -0.1) is 0 Å². The summed E-state index contributed by atoms with van der Waals surface area (Å²) >= 11 is 0. The van der Waals surface area contributed by atoms with Crippen molar-refractivity contribution in [2.75, 3.05) is 0 Å². The van der Waals surface area contributed by atoms with Crippen LogP contribution >= 0.6 is 0 Å². The van der Waals surface area contributed by atoms with Crippen LogP contribution in [0.15, 0.2) is 4.40 Å². The van der Waals surface area contributed by atoms with Crippen LogP contribution in [0.4, 0.5) is 0 Å². The number of hydrogen-bond acceptors (Lipinski definition) is 4. The Morgan fingerprint density at radius 1 is 0.714 bits per heavy atom. The molecule has 6 nitrogen and oxygen atoms in total. The zero-order chi connectivity index (χ0) is 34.4. The minimum Gasteiger partial charge on any atom is -0.545 e. The molecule has 0 spiro atoms. The Morgan fingerprint density at radius 2 is 0.976 bits per heavy atom. The molecule has 0 saturated heterocycles. The maximum absolute atomic E-state index is 11.7. The molecule has 0 aromatic carbocycles. The van der Waals surface area contributed by atoms with E-state index < -0.39 is 28.0 Å². The fraction of sp³-hybridized carbons (Fsp3) is 0.781. The summed E-state index contributed by atoms with van der Waals surface area (Å²) in [4.78, 5) is 18.4. The zero-order valence-electron chi connectivity index (χ0n) is 29.9. The van der Waals surface area contributed by atoms with E-state index in [0.29, 0.717) is 0 Å². The molecule has 0 bridgehead atoms. The van der Waals surface area contributed by atoms with E-state index in [0.717, 1.165) is 25.7 Å². The van der Waals surface area contributed by atoms with Crippen LogP contribution in [0.3, 0.4) is 0 Å². The zero-order valence-corrected chi connectivity index (χ0v) is 33.5. The van der Waals surface area contributed by atoms with Gasteiger partial charge in [-0.2, -0.15) is 30.1 Å². The Balaban J connectivity index is -0.0000000500. The molecule has 0 aliphatic rings. The summed E-state index contributed by atoms with van der Waals surface area (Å²) in [6.07, 6.45) is 7.65. The second kappa shape index (κ2) is 39.3. The maximum atomic E-state index is 11.7.